The lowest BCUT2D eigenvalue weighted by Gasteiger charge is -2.29. The van der Waals surface area contributed by atoms with Crippen molar-refractivity contribution in [2.24, 2.45) is 0 Å². The predicted molar refractivity (Wildman–Crippen MR) is 44.2 cm³/mol. The summed E-state index contributed by atoms with van der Waals surface area (Å²) in [7, 11) is 1.83. The van der Waals surface area contributed by atoms with Crippen LogP contribution in [0.25, 0.3) is 0 Å². The highest BCUT2D eigenvalue weighted by atomic mass is 16.2. The van der Waals surface area contributed by atoms with Crippen LogP contribution in [0.1, 0.15) is 6.42 Å². The van der Waals surface area contributed by atoms with E-state index >= 15 is 0 Å². The van der Waals surface area contributed by atoms with Crippen LogP contribution in [0.15, 0.2) is 12.7 Å². The summed E-state index contributed by atoms with van der Waals surface area (Å²) >= 11 is 0. The molecular formula is C8H14N2O. The first-order valence-electron chi connectivity index (χ1n) is 3.82. The number of hydrogen-bond acceptors (Lipinski definition) is 2. The molecule has 0 aromatic heterocycles. The molecule has 0 bridgehead atoms. The zero-order valence-electron chi connectivity index (χ0n) is 6.84. The highest BCUT2D eigenvalue weighted by Crippen LogP contribution is 2.01. The van der Waals surface area contributed by atoms with Crippen molar-refractivity contribution >= 4 is 5.91 Å². The summed E-state index contributed by atoms with van der Waals surface area (Å²) in [6.45, 7) is 4.92. The van der Waals surface area contributed by atoms with E-state index in [2.05, 4.69) is 11.9 Å². The van der Waals surface area contributed by atoms with Crippen molar-refractivity contribution in [1.29, 1.82) is 0 Å². The molecular weight excluding hydrogens is 140 g/mol. The average Bonchev–Trinajstić information content (AvgIpc) is 1.98. The van der Waals surface area contributed by atoms with Crippen molar-refractivity contribution < 1.29 is 4.79 Å². The van der Waals surface area contributed by atoms with Crippen molar-refractivity contribution in [3.8, 4) is 0 Å². The lowest BCUT2D eigenvalue weighted by atomic mass is 10.1. The van der Waals surface area contributed by atoms with Gasteiger partial charge in [-0.2, -0.15) is 0 Å². The average molecular weight is 154 g/mol. The summed E-state index contributed by atoms with van der Waals surface area (Å²) in [5, 5.41) is 3.14. The molecule has 1 rings (SSSR count). The lowest BCUT2D eigenvalue weighted by molar-refractivity contribution is -0.131. The van der Waals surface area contributed by atoms with Gasteiger partial charge >= 0.3 is 0 Å². The predicted octanol–water partition coefficient (Wildman–Crippen LogP) is -0.00730. The zero-order valence-corrected chi connectivity index (χ0v) is 6.84. The number of amides is 1. The Morgan fingerprint density at radius 3 is 3.18 bits per heavy atom. The van der Waals surface area contributed by atoms with E-state index in [0.717, 1.165) is 13.0 Å². The van der Waals surface area contributed by atoms with Crippen LogP contribution in [-0.2, 0) is 4.79 Å². The van der Waals surface area contributed by atoms with E-state index in [1.807, 2.05) is 13.1 Å². The number of rotatable bonds is 2. The van der Waals surface area contributed by atoms with Crippen LogP contribution >= 0.6 is 0 Å². The van der Waals surface area contributed by atoms with Crippen molar-refractivity contribution in [1.82, 2.24) is 10.2 Å². The molecule has 62 valence electrons. The molecule has 1 aliphatic rings. The van der Waals surface area contributed by atoms with Gasteiger partial charge in [-0.05, 0) is 6.42 Å². The molecule has 1 N–H and O–H groups in total. The van der Waals surface area contributed by atoms with Gasteiger partial charge in [0.2, 0.25) is 5.91 Å². The van der Waals surface area contributed by atoms with Crippen LogP contribution in [0.4, 0.5) is 0 Å². The van der Waals surface area contributed by atoms with Crippen molar-refractivity contribution in [2.75, 3.05) is 20.1 Å². The van der Waals surface area contributed by atoms with Crippen LogP contribution in [0.3, 0.4) is 0 Å². The fourth-order valence-corrected chi connectivity index (χ4v) is 1.22. The van der Waals surface area contributed by atoms with E-state index in [1.165, 1.54) is 0 Å². The molecule has 1 atom stereocenters. The van der Waals surface area contributed by atoms with Gasteiger partial charge in [0, 0.05) is 19.6 Å². The van der Waals surface area contributed by atoms with E-state index in [4.69, 9.17) is 0 Å². The molecule has 11 heavy (non-hydrogen) atoms. The van der Waals surface area contributed by atoms with E-state index in [0.29, 0.717) is 12.6 Å². The molecule has 1 saturated heterocycles. The number of nitrogens with one attached hydrogen (secondary N) is 1. The molecule has 0 aromatic carbocycles. The lowest BCUT2D eigenvalue weighted by Crippen LogP contribution is -2.52. The number of likely N-dealkylation sites (N-methyl/N-ethyl adjacent to an activating group) is 1. The quantitative estimate of drug-likeness (QED) is 0.567. The maximum atomic E-state index is 11.0. The fourth-order valence-electron chi connectivity index (χ4n) is 1.22. The van der Waals surface area contributed by atoms with E-state index in [9.17, 15) is 4.79 Å². The third-order valence-corrected chi connectivity index (χ3v) is 1.91. The van der Waals surface area contributed by atoms with Gasteiger partial charge in [-0.3, -0.25) is 4.79 Å². The minimum atomic E-state index is 0.172. The molecule has 3 heteroatoms. The summed E-state index contributed by atoms with van der Waals surface area (Å²) in [5.74, 6) is 0.172. The highest BCUT2D eigenvalue weighted by molar-refractivity contribution is 5.78. The Morgan fingerprint density at radius 1 is 1.91 bits per heavy atom. The topological polar surface area (TPSA) is 32.3 Å². The highest BCUT2D eigenvalue weighted by Gasteiger charge is 2.20. The molecule has 3 nitrogen and oxygen atoms in total. The minimum absolute atomic E-state index is 0.172. The van der Waals surface area contributed by atoms with Crippen LogP contribution in [-0.4, -0.2) is 37.0 Å². The summed E-state index contributed by atoms with van der Waals surface area (Å²) < 4.78 is 0. The maximum absolute atomic E-state index is 11.0. The van der Waals surface area contributed by atoms with Crippen LogP contribution in [0.5, 0.6) is 0 Å². The van der Waals surface area contributed by atoms with Gasteiger partial charge < -0.3 is 10.2 Å². The molecule has 0 aliphatic carbocycles. The van der Waals surface area contributed by atoms with Gasteiger partial charge in [0.1, 0.15) is 0 Å². The van der Waals surface area contributed by atoms with E-state index < -0.39 is 0 Å². The molecule has 1 heterocycles. The van der Waals surface area contributed by atoms with Crippen molar-refractivity contribution in [3.63, 3.8) is 0 Å². The summed E-state index contributed by atoms with van der Waals surface area (Å²) in [5.41, 5.74) is 0. The van der Waals surface area contributed by atoms with Gasteiger partial charge in [-0.15, -0.1) is 6.58 Å². The first-order valence-corrected chi connectivity index (χ1v) is 3.82. The molecule has 0 unspecified atom stereocenters. The number of carbonyl (C=O) groups excluding carboxylic acids is 1. The van der Waals surface area contributed by atoms with E-state index in [1.54, 1.807) is 4.90 Å². The van der Waals surface area contributed by atoms with Gasteiger partial charge in [0.25, 0.3) is 0 Å². The SMILES string of the molecule is C=CC[C@H]1CN(C)C(=O)CN1. The molecule has 1 fully saturated rings. The number of nitrogens with zero attached hydrogens (tertiary/aromatic N) is 1. The van der Waals surface area contributed by atoms with Crippen LogP contribution in [0.2, 0.25) is 0 Å². The number of carbonyl (C=O) groups is 1. The molecule has 1 aliphatic heterocycles. The Kier molecular flexibility index (Phi) is 2.65. The number of hydrogen-bond donors (Lipinski definition) is 1. The van der Waals surface area contributed by atoms with Gasteiger partial charge in [-0.25, -0.2) is 0 Å². The van der Waals surface area contributed by atoms with Crippen molar-refractivity contribution in [3.05, 3.63) is 12.7 Å². The first-order chi connectivity index (χ1) is 5.24. The zero-order chi connectivity index (χ0) is 8.27. The summed E-state index contributed by atoms with van der Waals surface area (Å²) in [6, 6.07) is 0.398. The van der Waals surface area contributed by atoms with E-state index in [-0.39, 0.29) is 5.91 Å². The second-order valence-electron chi connectivity index (χ2n) is 2.88. The van der Waals surface area contributed by atoms with Gasteiger partial charge in [0.15, 0.2) is 0 Å². The Hall–Kier alpha value is -0.830. The fraction of sp³-hybridized carbons (Fsp3) is 0.625. The Labute approximate surface area is 67.1 Å². The first kappa shape index (κ1) is 8.27. The third kappa shape index (κ3) is 2.05. The maximum Gasteiger partial charge on any atom is 0.236 e. The third-order valence-electron chi connectivity index (χ3n) is 1.91. The van der Waals surface area contributed by atoms with Crippen LogP contribution in [0, 0.1) is 0 Å². The largest absolute Gasteiger partial charge is 0.343 e. The molecule has 0 saturated carbocycles. The van der Waals surface area contributed by atoms with Crippen molar-refractivity contribution in [2.45, 2.75) is 12.5 Å². The Morgan fingerprint density at radius 2 is 2.64 bits per heavy atom. The smallest absolute Gasteiger partial charge is 0.236 e. The second-order valence-corrected chi connectivity index (χ2v) is 2.88. The Balaban J connectivity index is 2.39. The molecule has 1 amide bonds. The molecule has 0 radical (unpaired) electrons. The molecule has 0 aromatic rings. The van der Waals surface area contributed by atoms with Gasteiger partial charge in [-0.1, -0.05) is 6.08 Å². The van der Waals surface area contributed by atoms with Crippen LogP contribution < -0.4 is 5.32 Å². The minimum Gasteiger partial charge on any atom is -0.343 e. The standard InChI is InChI=1S/C8H14N2O/c1-3-4-7-6-10(2)8(11)5-9-7/h3,7,9H,1,4-6H2,2H3/t7-/m0/s1. The monoisotopic (exact) mass is 154 g/mol. The Bertz CT molecular complexity index is 167. The summed E-state index contributed by atoms with van der Waals surface area (Å²) in [4.78, 5) is 12.7. The normalized spacial score (nSPS) is 25.4. The van der Waals surface area contributed by atoms with Gasteiger partial charge in [0.05, 0.1) is 6.54 Å². The number of piperazine rings is 1. The summed E-state index contributed by atoms with van der Waals surface area (Å²) in [6.07, 6.45) is 2.80. The molecule has 0 spiro atoms. The second kappa shape index (κ2) is 3.53.